The summed E-state index contributed by atoms with van der Waals surface area (Å²) in [6, 6.07) is 0. The molecule has 0 amide bonds. The van der Waals surface area contributed by atoms with Crippen molar-refractivity contribution in [3.63, 3.8) is 0 Å². The van der Waals surface area contributed by atoms with Gasteiger partial charge in [0, 0.05) is 6.42 Å². The van der Waals surface area contributed by atoms with E-state index in [2.05, 4.69) is 6.92 Å². The number of hydrogen-bond donors (Lipinski definition) is 1. The number of aliphatic hydroxyl groups is 1. The van der Waals surface area contributed by atoms with Crippen LogP contribution in [-0.2, 0) is 4.79 Å². The molecule has 0 aromatic rings. The Hall–Kier alpha value is -0.370. The molecular formula is C16H26O2. The van der Waals surface area contributed by atoms with Crippen LogP contribution in [0.1, 0.15) is 64.7 Å². The van der Waals surface area contributed by atoms with Gasteiger partial charge in [0.1, 0.15) is 5.60 Å². The third-order valence-electron chi connectivity index (χ3n) is 5.95. The van der Waals surface area contributed by atoms with Gasteiger partial charge in [-0.3, -0.25) is 4.79 Å². The Kier molecular flexibility index (Phi) is 3.25. The summed E-state index contributed by atoms with van der Waals surface area (Å²) in [6.45, 7) is 2.22. The summed E-state index contributed by atoms with van der Waals surface area (Å²) in [7, 11) is 0. The first kappa shape index (κ1) is 12.7. The molecule has 0 aromatic heterocycles. The molecule has 0 heterocycles. The lowest BCUT2D eigenvalue weighted by molar-refractivity contribution is -0.142. The Labute approximate surface area is 110 Å². The number of carbonyl (C=O) groups excluding carboxylic acids is 1. The summed E-state index contributed by atoms with van der Waals surface area (Å²) >= 11 is 0. The Balaban J connectivity index is 1.58. The molecule has 18 heavy (non-hydrogen) atoms. The lowest BCUT2D eigenvalue weighted by atomic mass is 9.74. The minimum Gasteiger partial charge on any atom is -0.382 e. The van der Waals surface area contributed by atoms with Gasteiger partial charge in [0.2, 0.25) is 0 Å². The van der Waals surface area contributed by atoms with E-state index in [1.807, 2.05) is 0 Å². The fraction of sp³-hybridized carbons (Fsp3) is 0.938. The van der Waals surface area contributed by atoms with Crippen LogP contribution >= 0.6 is 0 Å². The summed E-state index contributed by atoms with van der Waals surface area (Å²) in [6.07, 6.45) is 9.41. The minimum absolute atomic E-state index is 0.159. The summed E-state index contributed by atoms with van der Waals surface area (Å²) in [4.78, 5) is 12.4. The Bertz CT molecular complexity index is 328. The highest BCUT2D eigenvalue weighted by atomic mass is 16.3. The quantitative estimate of drug-likeness (QED) is 0.834. The van der Waals surface area contributed by atoms with Crippen LogP contribution in [0.2, 0.25) is 0 Å². The van der Waals surface area contributed by atoms with Crippen LogP contribution in [0.25, 0.3) is 0 Å². The summed E-state index contributed by atoms with van der Waals surface area (Å²) in [5.74, 6) is 3.13. The molecule has 3 saturated carbocycles. The van der Waals surface area contributed by atoms with Crippen LogP contribution in [0.15, 0.2) is 0 Å². The molecule has 102 valence electrons. The van der Waals surface area contributed by atoms with Crippen molar-refractivity contribution in [2.24, 2.45) is 23.7 Å². The van der Waals surface area contributed by atoms with Crippen molar-refractivity contribution < 1.29 is 9.90 Å². The zero-order valence-corrected chi connectivity index (χ0v) is 11.5. The Morgan fingerprint density at radius 3 is 2.44 bits per heavy atom. The van der Waals surface area contributed by atoms with Gasteiger partial charge in [0.15, 0.2) is 5.78 Å². The van der Waals surface area contributed by atoms with E-state index in [-0.39, 0.29) is 5.78 Å². The van der Waals surface area contributed by atoms with Crippen LogP contribution in [0, 0.1) is 23.7 Å². The SMILES string of the molecule is CC1CCC(O)(C(=O)CC2CC3CCC2C3)CC1. The molecule has 3 rings (SSSR count). The molecule has 2 bridgehead atoms. The number of fused-ring (bicyclic) bond motifs is 2. The van der Waals surface area contributed by atoms with Crippen molar-refractivity contribution >= 4 is 5.78 Å². The molecule has 0 aliphatic heterocycles. The number of Topliss-reactive ketones (excluding diaryl/α,β-unsaturated/α-hetero) is 1. The molecule has 0 aromatic carbocycles. The van der Waals surface area contributed by atoms with Gasteiger partial charge in [-0.2, -0.15) is 0 Å². The molecule has 3 atom stereocenters. The predicted molar refractivity (Wildman–Crippen MR) is 71.1 cm³/mol. The molecule has 3 fully saturated rings. The number of rotatable bonds is 3. The van der Waals surface area contributed by atoms with Gasteiger partial charge in [-0.15, -0.1) is 0 Å². The molecule has 3 aliphatic rings. The van der Waals surface area contributed by atoms with Gasteiger partial charge >= 0.3 is 0 Å². The molecule has 3 unspecified atom stereocenters. The second-order valence-electron chi connectivity index (χ2n) is 7.28. The molecule has 1 N–H and O–H groups in total. The average Bonchev–Trinajstić information content (AvgIpc) is 2.95. The van der Waals surface area contributed by atoms with Crippen molar-refractivity contribution in [3.8, 4) is 0 Å². The van der Waals surface area contributed by atoms with Gasteiger partial charge in [0.25, 0.3) is 0 Å². The second kappa shape index (κ2) is 4.63. The van der Waals surface area contributed by atoms with Crippen LogP contribution in [0.4, 0.5) is 0 Å². The first-order chi connectivity index (χ1) is 8.57. The lowest BCUT2D eigenvalue weighted by Crippen LogP contribution is -2.43. The van der Waals surface area contributed by atoms with Gasteiger partial charge in [-0.05, 0) is 68.6 Å². The van der Waals surface area contributed by atoms with E-state index in [4.69, 9.17) is 0 Å². The van der Waals surface area contributed by atoms with Crippen molar-refractivity contribution in [1.29, 1.82) is 0 Å². The van der Waals surface area contributed by atoms with Crippen LogP contribution < -0.4 is 0 Å². The van der Waals surface area contributed by atoms with Crippen molar-refractivity contribution in [2.75, 3.05) is 0 Å². The molecule has 3 aliphatic carbocycles. The Morgan fingerprint density at radius 2 is 1.89 bits per heavy atom. The smallest absolute Gasteiger partial charge is 0.164 e. The third-order valence-corrected chi connectivity index (χ3v) is 5.95. The van der Waals surface area contributed by atoms with Crippen LogP contribution in [0.5, 0.6) is 0 Å². The summed E-state index contributed by atoms with van der Waals surface area (Å²) in [5, 5.41) is 10.5. The molecular weight excluding hydrogens is 224 g/mol. The minimum atomic E-state index is -0.964. The van der Waals surface area contributed by atoms with Gasteiger partial charge in [-0.1, -0.05) is 13.3 Å². The standard InChI is InChI=1S/C16H26O2/c1-11-4-6-16(18,7-5-11)15(17)10-14-9-12-2-3-13(14)8-12/h11-14,18H,2-10H2,1H3. The summed E-state index contributed by atoms with van der Waals surface area (Å²) < 4.78 is 0. The van der Waals surface area contributed by atoms with Crippen LogP contribution in [-0.4, -0.2) is 16.5 Å². The first-order valence-electron chi connectivity index (χ1n) is 7.82. The number of ketones is 1. The van der Waals surface area contributed by atoms with E-state index in [1.165, 1.54) is 25.7 Å². The zero-order valence-electron chi connectivity index (χ0n) is 11.5. The molecule has 0 saturated heterocycles. The van der Waals surface area contributed by atoms with E-state index in [0.29, 0.717) is 31.1 Å². The first-order valence-corrected chi connectivity index (χ1v) is 7.82. The normalized spacial score (nSPS) is 47.4. The maximum Gasteiger partial charge on any atom is 0.164 e. The third kappa shape index (κ3) is 2.24. The van der Waals surface area contributed by atoms with Crippen molar-refractivity contribution in [2.45, 2.75) is 70.3 Å². The van der Waals surface area contributed by atoms with Gasteiger partial charge in [0.05, 0.1) is 0 Å². The van der Waals surface area contributed by atoms with Crippen molar-refractivity contribution in [1.82, 2.24) is 0 Å². The topological polar surface area (TPSA) is 37.3 Å². The van der Waals surface area contributed by atoms with Gasteiger partial charge < -0.3 is 5.11 Å². The highest BCUT2D eigenvalue weighted by Gasteiger charge is 2.44. The van der Waals surface area contributed by atoms with E-state index in [0.717, 1.165) is 24.7 Å². The maximum absolute atomic E-state index is 12.4. The zero-order chi connectivity index (χ0) is 12.8. The Morgan fingerprint density at radius 1 is 1.17 bits per heavy atom. The highest BCUT2D eigenvalue weighted by molar-refractivity contribution is 5.87. The van der Waals surface area contributed by atoms with E-state index < -0.39 is 5.60 Å². The van der Waals surface area contributed by atoms with Gasteiger partial charge in [-0.25, -0.2) is 0 Å². The maximum atomic E-state index is 12.4. The average molecular weight is 250 g/mol. The molecule has 2 heteroatoms. The van der Waals surface area contributed by atoms with Crippen molar-refractivity contribution in [3.05, 3.63) is 0 Å². The van der Waals surface area contributed by atoms with E-state index >= 15 is 0 Å². The lowest BCUT2D eigenvalue weighted by Gasteiger charge is -2.35. The summed E-state index contributed by atoms with van der Waals surface area (Å²) in [5.41, 5.74) is -0.964. The van der Waals surface area contributed by atoms with E-state index in [1.54, 1.807) is 0 Å². The van der Waals surface area contributed by atoms with E-state index in [9.17, 15) is 9.90 Å². The fourth-order valence-electron chi connectivity index (χ4n) is 4.57. The molecule has 0 radical (unpaired) electrons. The number of hydrogen-bond acceptors (Lipinski definition) is 2. The fourth-order valence-corrected chi connectivity index (χ4v) is 4.57. The molecule has 2 nitrogen and oxygen atoms in total. The number of carbonyl (C=O) groups is 1. The predicted octanol–water partition coefficient (Wildman–Crippen LogP) is 3.32. The second-order valence-corrected chi connectivity index (χ2v) is 7.28. The molecule has 0 spiro atoms. The largest absolute Gasteiger partial charge is 0.382 e. The highest BCUT2D eigenvalue weighted by Crippen LogP contribution is 2.50. The monoisotopic (exact) mass is 250 g/mol. The van der Waals surface area contributed by atoms with Crippen LogP contribution in [0.3, 0.4) is 0 Å².